The second-order valence-corrected chi connectivity index (χ2v) is 6.90. The van der Waals surface area contributed by atoms with E-state index in [9.17, 15) is 9.59 Å². The van der Waals surface area contributed by atoms with Gasteiger partial charge in [-0.2, -0.15) is 0 Å². The molecule has 7 heteroatoms. The molecule has 0 unspecified atom stereocenters. The average molecular weight is 384 g/mol. The van der Waals surface area contributed by atoms with E-state index in [2.05, 4.69) is 26.7 Å². The third-order valence-corrected chi connectivity index (χ3v) is 5.03. The molecule has 0 aliphatic carbocycles. The van der Waals surface area contributed by atoms with Crippen molar-refractivity contribution in [1.82, 2.24) is 14.5 Å². The maximum absolute atomic E-state index is 12.6. The van der Waals surface area contributed by atoms with Crippen molar-refractivity contribution in [2.24, 2.45) is 0 Å². The van der Waals surface area contributed by atoms with Crippen molar-refractivity contribution in [2.45, 2.75) is 45.7 Å². The number of anilines is 1. The lowest BCUT2D eigenvalue weighted by molar-refractivity contribution is -0.118. The van der Waals surface area contributed by atoms with Crippen molar-refractivity contribution in [2.75, 3.05) is 25.0 Å². The van der Waals surface area contributed by atoms with E-state index in [0.29, 0.717) is 24.4 Å². The topological polar surface area (TPSA) is 76.5 Å². The van der Waals surface area contributed by atoms with Gasteiger partial charge < -0.3 is 14.6 Å². The molecule has 1 amide bonds. The van der Waals surface area contributed by atoms with Gasteiger partial charge in [0.15, 0.2) is 0 Å². The van der Waals surface area contributed by atoms with Crippen LogP contribution in [-0.2, 0) is 16.1 Å². The molecule has 0 bridgehead atoms. The number of aryl methyl sites for hydroxylation is 1. The quantitative estimate of drug-likeness (QED) is 0.742. The number of imidazole rings is 1. The number of piperidine rings is 1. The summed E-state index contributed by atoms with van der Waals surface area (Å²) in [6, 6.07) is 6.94. The molecule has 7 nitrogen and oxygen atoms in total. The molecule has 0 spiro atoms. The Morgan fingerprint density at radius 2 is 2.00 bits per heavy atom. The number of esters is 1. The van der Waals surface area contributed by atoms with Gasteiger partial charge in [-0.1, -0.05) is 6.42 Å². The van der Waals surface area contributed by atoms with Crippen molar-refractivity contribution in [1.29, 1.82) is 0 Å². The summed E-state index contributed by atoms with van der Waals surface area (Å²) in [5.41, 5.74) is 1.14. The molecular formula is C21H28N4O3. The Bertz CT molecular complexity index is 800. The van der Waals surface area contributed by atoms with E-state index in [1.807, 2.05) is 12.4 Å². The summed E-state index contributed by atoms with van der Waals surface area (Å²) in [4.78, 5) is 31.1. The Morgan fingerprint density at radius 1 is 1.21 bits per heavy atom. The summed E-state index contributed by atoms with van der Waals surface area (Å²) in [5, 5.41) is 2.92. The molecule has 1 aliphatic rings. The van der Waals surface area contributed by atoms with Crippen molar-refractivity contribution < 1.29 is 14.3 Å². The van der Waals surface area contributed by atoms with Gasteiger partial charge in [-0.05, 0) is 57.5 Å². The first kappa shape index (κ1) is 20.1. The summed E-state index contributed by atoms with van der Waals surface area (Å²) in [6.45, 7) is 6.29. The highest BCUT2D eigenvalue weighted by molar-refractivity contribution is 5.94. The predicted octanol–water partition coefficient (Wildman–Crippen LogP) is 3.25. The Hall–Kier alpha value is -2.67. The Balaban J connectivity index is 1.62. The van der Waals surface area contributed by atoms with Gasteiger partial charge in [0.05, 0.1) is 24.8 Å². The molecule has 0 radical (unpaired) electrons. The van der Waals surface area contributed by atoms with Crippen LogP contribution in [0.3, 0.4) is 0 Å². The fourth-order valence-corrected chi connectivity index (χ4v) is 3.65. The molecule has 1 fully saturated rings. The summed E-state index contributed by atoms with van der Waals surface area (Å²) >= 11 is 0. The number of hydrogen-bond acceptors (Lipinski definition) is 5. The largest absolute Gasteiger partial charge is 0.462 e. The number of amides is 1. The first-order valence-electron chi connectivity index (χ1n) is 9.94. The lowest BCUT2D eigenvalue weighted by Crippen LogP contribution is -2.40. The maximum atomic E-state index is 12.6. The molecular weight excluding hydrogens is 356 g/mol. The minimum Gasteiger partial charge on any atom is -0.462 e. The van der Waals surface area contributed by atoms with Crippen LogP contribution in [-0.4, -0.2) is 46.0 Å². The summed E-state index contributed by atoms with van der Waals surface area (Å²) in [6.07, 6.45) is 7.07. The number of likely N-dealkylation sites (tertiary alicyclic amines) is 1. The molecule has 1 aromatic carbocycles. The van der Waals surface area contributed by atoms with Gasteiger partial charge in [0.1, 0.15) is 5.82 Å². The molecule has 0 saturated carbocycles. The van der Waals surface area contributed by atoms with Crippen molar-refractivity contribution in [3.63, 3.8) is 0 Å². The molecule has 1 N–H and O–H groups in total. The third kappa shape index (κ3) is 4.78. The van der Waals surface area contributed by atoms with Crippen molar-refractivity contribution in [3.05, 3.63) is 48.0 Å². The molecule has 1 atom stereocenters. The zero-order valence-corrected chi connectivity index (χ0v) is 16.6. The van der Waals surface area contributed by atoms with E-state index in [4.69, 9.17) is 4.74 Å². The molecule has 1 aromatic heterocycles. The van der Waals surface area contributed by atoms with Crippen molar-refractivity contribution in [3.8, 4) is 0 Å². The number of nitrogens with zero attached hydrogens (tertiary/aromatic N) is 3. The van der Waals surface area contributed by atoms with Crippen LogP contribution in [0.4, 0.5) is 5.69 Å². The summed E-state index contributed by atoms with van der Waals surface area (Å²) < 4.78 is 7.12. The smallest absolute Gasteiger partial charge is 0.338 e. The van der Waals surface area contributed by atoms with E-state index >= 15 is 0 Å². The summed E-state index contributed by atoms with van der Waals surface area (Å²) in [5.74, 6) is 0.613. The second-order valence-electron chi connectivity index (χ2n) is 6.90. The van der Waals surface area contributed by atoms with Crippen LogP contribution in [0.1, 0.15) is 55.3 Å². The number of benzene rings is 1. The van der Waals surface area contributed by atoms with Gasteiger partial charge in [0.25, 0.3) is 0 Å². The third-order valence-electron chi connectivity index (χ3n) is 5.03. The number of ether oxygens (including phenoxy) is 1. The number of hydrogen-bond donors (Lipinski definition) is 1. The number of aromatic nitrogens is 2. The Kier molecular flexibility index (Phi) is 6.81. The predicted molar refractivity (Wildman–Crippen MR) is 107 cm³/mol. The van der Waals surface area contributed by atoms with Gasteiger partial charge in [0, 0.05) is 24.6 Å². The van der Waals surface area contributed by atoms with E-state index in [-0.39, 0.29) is 17.9 Å². The average Bonchev–Trinajstić information content (AvgIpc) is 3.17. The van der Waals surface area contributed by atoms with Crippen LogP contribution < -0.4 is 5.32 Å². The monoisotopic (exact) mass is 384 g/mol. The lowest BCUT2D eigenvalue weighted by atomic mass is 10.0. The van der Waals surface area contributed by atoms with Crippen LogP contribution in [0.5, 0.6) is 0 Å². The van der Waals surface area contributed by atoms with E-state index < -0.39 is 0 Å². The van der Waals surface area contributed by atoms with Gasteiger partial charge in [-0.3, -0.25) is 9.69 Å². The minimum atomic E-state index is -0.358. The van der Waals surface area contributed by atoms with E-state index in [1.54, 1.807) is 31.2 Å². The summed E-state index contributed by atoms with van der Waals surface area (Å²) in [7, 11) is 0. The fraction of sp³-hybridized carbons (Fsp3) is 0.476. The first-order chi connectivity index (χ1) is 13.6. The first-order valence-corrected chi connectivity index (χ1v) is 9.94. The number of carbonyl (C=O) groups excluding carboxylic acids is 2. The van der Waals surface area contributed by atoms with Crippen LogP contribution in [0.2, 0.25) is 0 Å². The molecule has 1 aliphatic heterocycles. The van der Waals surface area contributed by atoms with Gasteiger partial charge >= 0.3 is 5.97 Å². The molecule has 2 heterocycles. The normalized spacial score (nSPS) is 17.3. The van der Waals surface area contributed by atoms with E-state index in [0.717, 1.165) is 38.2 Å². The highest BCUT2D eigenvalue weighted by Crippen LogP contribution is 2.29. The lowest BCUT2D eigenvalue weighted by Gasteiger charge is -2.34. The highest BCUT2D eigenvalue weighted by Gasteiger charge is 2.28. The number of rotatable bonds is 7. The van der Waals surface area contributed by atoms with Crippen molar-refractivity contribution >= 4 is 17.6 Å². The standard InChI is InChI=1S/C21H28N4O3/c1-3-24-14-12-22-20(24)18-7-5-6-13-25(18)15-19(26)23-17-10-8-16(9-11-17)21(27)28-4-2/h8-12,14,18H,3-7,13,15H2,1-2H3,(H,23,26)/t18-/m0/s1. The van der Waals surface area contributed by atoms with Gasteiger partial charge in [-0.15, -0.1) is 0 Å². The molecule has 1 saturated heterocycles. The molecule has 2 aromatic rings. The Morgan fingerprint density at radius 3 is 2.71 bits per heavy atom. The zero-order valence-electron chi connectivity index (χ0n) is 16.6. The molecule has 28 heavy (non-hydrogen) atoms. The van der Waals surface area contributed by atoms with Crippen LogP contribution in [0.15, 0.2) is 36.7 Å². The minimum absolute atomic E-state index is 0.0645. The van der Waals surface area contributed by atoms with Crippen LogP contribution in [0.25, 0.3) is 0 Å². The maximum Gasteiger partial charge on any atom is 0.338 e. The van der Waals surface area contributed by atoms with Gasteiger partial charge in [0.2, 0.25) is 5.91 Å². The van der Waals surface area contributed by atoms with Gasteiger partial charge in [-0.25, -0.2) is 9.78 Å². The van der Waals surface area contributed by atoms with Crippen LogP contribution >= 0.6 is 0 Å². The highest BCUT2D eigenvalue weighted by atomic mass is 16.5. The molecule has 3 rings (SSSR count). The second kappa shape index (κ2) is 9.50. The Labute approximate surface area is 165 Å². The fourth-order valence-electron chi connectivity index (χ4n) is 3.65. The molecule has 150 valence electrons. The van der Waals surface area contributed by atoms with Crippen LogP contribution in [0, 0.1) is 0 Å². The SMILES string of the molecule is CCOC(=O)c1ccc(NC(=O)CN2CCCC[C@H]2c2nccn2CC)cc1. The van der Waals surface area contributed by atoms with E-state index in [1.165, 1.54) is 0 Å². The zero-order chi connectivity index (χ0) is 19.9. The number of nitrogens with one attached hydrogen (secondary N) is 1. The number of carbonyl (C=O) groups is 2.